The molecular formula is C38H48Br2N2O6. The summed E-state index contributed by atoms with van der Waals surface area (Å²) >= 11 is 0. The zero-order valence-electron chi connectivity index (χ0n) is 28.4. The van der Waals surface area contributed by atoms with E-state index in [1.807, 2.05) is 24.3 Å². The highest BCUT2D eigenvalue weighted by Gasteiger charge is 2.24. The second-order valence-corrected chi connectivity index (χ2v) is 12.5. The van der Waals surface area contributed by atoms with Gasteiger partial charge in [-0.2, -0.15) is 0 Å². The summed E-state index contributed by atoms with van der Waals surface area (Å²) in [6.45, 7) is 4.97. The molecule has 4 aromatic rings. The van der Waals surface area contributed by atoms with Gasteiger partial charge in [-0.05, 0) is 12.1 Å². The van der Waals surface area contributed by atoms with Crippen LogP contribution in [0.3, 0.4) is 0 Å². The van der Waals surface area contributed by atoms with E-state index in [-0.39, 0.29) is 34.0 Å². The van der Waals surface area contributed by atoms with Gasteiger partial charge < -0.3 is 62.4 Å². The van der Waals surface area contributed by atoms with Crippen LogP contribution in [-0.4, -0.2) is 81.0 Å². The van der Waals surface area contributed by atoms with Gasteiger partial charge in [0.15, 0.2) is 23.0 Å². The van der Waals surface area contributed by atoms with Crippen molar-refractivity contribution in [1.82, 2.24) is 8.97 Å². The Hall–Kier alpha value is -3.12. The fourth-order valence-corrected chi connectivity index (χ4v) is 5.52. The largest absolute Gasteiger partial charge is 1.00 e. The highest BCUT2D eigenvalue weighted by molar-refractivity contribution is 5.55. The summed E-state index contributed by atoms with van der Waals surface area (Å²) in [4.78, 5) is 0. The lowest BCUT2D eigenvalue weighted by Crippen LogP contribution is -3.00. The fourth-order valence-electron chi connectivity index (χ4n) is 5.52. The van der Waals surface area contributed by atoms with Gasteiger partial charge in [-0.1, -0.05) is 60.7 Å². The first-order valence-electron chi connectivity index (χ1n) is 16.0. The summed E-state index contributed by atoms with van der Waals surface area (Å²) in [6, 6.07) is 33.3. The van der Waals surface area contributed by atoms with Crippen molar-refractivity contribution in [2.24, 2.45) is 0 Å². The van der Waals surface area contributed by atoms with Gasteiger partial charge in [0.25, 0.3) is 0 Å². The maximum Gasteiger partial charge on any atom is 0.167 e. The average Bonchev–Trinajstić information content (AvgIpc) is 3.04. The van der Waals surface area contributed by atoms with Gasteiger partial charge in [0.2, 0.25) is 0 Å². The minimum atomic E-state index is 0. The standard InChI is InChI=1S/C38H48N2O6.2BrH/c1-39(2,29-31-11-7-5-8-12-31)33-15-17-35-37(27-33)45-25-21-42-22-26-46-38-28-34(40(3,4)30-32-13-9-6-10-14-32)16-18-36(38)44-24-20-41-19-23-43-35;;/h5-18,27-28H,19-26,29-30H2,1-4H3;2*1H/q+2;;/p-2. The molecule has 0 atom stereocenters. The maximum atomic E-state index is 6.21. The molecule has 1 aliphatic rings. The fraction of sp³-hybridized carbons (Fsp3) is 0.368. The van der Waals surface area contributed by atoms with Crippen LogP contribution in [-0.2, 0) is 22.6 Å². The molecule has 10 heteroatoms. The Labute approximate surface area is 306 Å². The molecule has 0 saturated heterocycles. The Bertz CT molecular complexity index is 1410. The van der Waals surface area contributed by atoms with Crippen LogP contribution >= 0.6 is 0 Å². The predicted octanol–water partition coefficient (Wildman–Crippen LogP) is 0.491. The van der Waals surface area contributed by atoms with Crippen LogP contribution in [0.25, 0.3) is 0 Å². The molecule has 1 aliphatic heterocycles. The summed E-state index contributed by atoms with van der Waals surface area (Å²) in [6.07, 6.45) is 0. The number of rotatable bonds is 6. The van der Waals surface area contributed by atoms with E-state index in [1.165, 1.54) is 11.1 Å². The second-order valence-electron chi connectivity index (χ2n) is 12.5. The van der Waals surface area contributed by atoms with E-state index in [1.54, 1.807) is 0 Å². The van der Waals surface area contributed by atoms with Crippen molar-refractivity contribution >= 4 is 11.4 Å². The molecular weight excluding hydrogens is 740 g/mol. The molecule has 0 unspecified atom stereocenters. The second kappa shape index (κ2) is 19.2. The zero-order chi connectivity index (χ0) is 32.2. The molecule has 0 bridgehead atoms. The maximum absolute atomic E-state index is 6.21. The molecule has 0 N–H and O–H groups in total. The molecule has 0 aromatic heterocycles. The molecule has 48 heavy (non-hydrogen) atoms. The minimum absolute atomic E-state index is 0. The van der Waals surface area contributed by atoms with Gasteiger partial charge in [0.05, 0.1) is 54.6 Å². The molecule has 260 valence electrons. The number of ether oxygens (including phenoxy) is 6. The Kier molecular flexibility index (Phi) is 15.7. The predicted molar refractivity (Wildman–Crippen MR) is 184 cm³/mol. The van der Waals surface area contributed by atoms with Gasteiger partial charge in [0, 0.05) is 35.4 Å². The topological polar surface area (TPSA) is 55.4 Å². The molecule has 0 fully saturated rings. The van der Waals surface area contributed by atoms with Crippen LogP contribution < -0.4 is 61.9 Å². The normalized spacial score (nSPS) is 14.8. The van der Waals surface area contributed by atoms with Gasteiger partial charge >= 0.3 is 0 Å². The lowest BCUT2D eigenvalue weighted by molar-refractivity contribution is -0.00100. The van der Waals surface area contributed by atoms with Crippen LogP contribution in [0.4, 0.5) is 11.4 Å². The minimum Gasteiger partial charge on any atom is -1.00 e. The van der Waals surface area contributed by atoms with E-state index in [0.717, 1.165) is 24.5 Å². The van der Waals surface area contributed by atoms with Crippen LogP contribution in [0.1, 0.15) is 11.1 Å². The Morgan fingerprint density at radius 1 is 0.417 bits per heavy atom. The van der Waals surface area contributed by atoms with E-state index in [2.05, 4.69) is 101 Å². The highest BCUT2D eigenvalue weighted by atomic mass is 79.9. The van der Waals surface area contributed by atoms with Crippen molar-refractivity contribution in [2.75, 3.05) is 81.0 Å². The third-order valence-corrected chi connectivity index (χ3v) is 8.03. The summed E-state index contributed by atoms with van der Waals surface area (Å²) in [5.74, 6) is 2.76. The van der Waals surface area contributed by atoms with Crippen molar-refractivity contribution in [3.05, 3.63) is 108 Å². The highest BCUT2D eigenvalue weighted by Crippen LogP contribution is 2.36. The first-order valence-corrected chi connectivity index (χ1v) is 16.0. The molecule has 1 heterocycles. The molecule has 0 amide bonds. The van der Waals surface area contributed by atoms with Crippen molar-refractivity contribution in [1.29, 1.82) is 0 Å². The first-order chi connectivity index (χ1) is 22.3. The summed E-state index contributed by atoms with van der Waals surface area (Å²) < 4.78 is 37.7. The summed E-state index contributed by atoms with van der Waals surface area (Å²) in [5.41, 5.74) is 4.79. The average molecular weight is 789 g/mol. The number of halogens is 2. The molecule has 0 radical (unpaired) electrons. The van der Waals surface area contributed by atoms with E-state index in [9.17, 15) is 0 Å². The van der Waals surface area contributed by atoms with E-state index in [0.29, 0.717) is 84.8 Å². The van der Waals surface area contributed by atoms with Crippen LogP contribution in [0.2, 0.25) is 0 Å². The number of benzene rings is 4. The first kappa shape index (κ1) is 39.3. The number of hydrogen-bond donors (Lipinski definition) is 0. The van der Waals surface area contributed by atoms with E-state index >= 15 is 0 Å². The number of hydrogen-bond acceptors (Lipinski definition) is 6. The number of nitrogens with zero attached hydrogens (tertiary/aromatic N) is 2. The summed E-state index contributed by atoms with van der Waals surface area (Å²) in [7, 11) is 8.78. The zero-order valence-corrected chi connectivity index (χ0v) is 31.6. The van der Waals surface area contributed by atoms with E-state index in [4.69, 9.17) is 28.4 Å². The molecule has 0 spiro atoms. The van der Waals surface area contributed by atoms with Gasteiger partial charge in [-0.15, -0.1) is 0 Å². The van der Waals surface area contributed by atoms with Crippen LogP contribution in [0.5, 0.6) is 23.0 Å². The van der Waals surface area contributed by atoms with Crippen molar-refractivity contribution in [2.45, 2.75) is 13.1 Å². The smallest absolute Gasteiger partial charge is 0.167 e. The van der Waals surface area contributed by atoms with Gasteiger partial charge in [0.1, 0.15) is 50.9 Å². The molecule has 5 rings (SSSR count). The number of fused-ring (bicyclic) bond motifs is 2. The van der Waals surface area contributed by atoms with Crippen molar-refractivity contribution < 1.29 is 62.4 Å². The van der Waals surface area contributed by atoms with Gasteiger partial charge in [-0.25, -0.2) is 0 Å². The molecule has 4 aromatic carbocycles. The van der Waals surface area contributed by atoms with Crippen molar-refractivity contribution in [3.63, 3.8) is 0 Å². The van der Waals surface area contributed by atoms with Gasteiger partial charge in [-0.3, -0.25) is 8.97 Å². The van der Waals surface area contributed by atoms with E-state index < -0.39 is 0 Å². The SMILES string of the molecule is C[N+](C)(Cc1ccccc1)c1ccc2c(c1)OCCOCCOc1cc([N+](C)(C)Cc3ccccc3)ccc1OCCOCCO2.[Br-].[Br-]. The lowest BCUT2D eigenvalue weighted by atomic mass is 10.1. The third-order valence-electron chi connectivity index (χ3n) is 8.03. The van der Waals surface area contributed by atoms with Crippen LogP contribution in [0, 0.1) is 0 Å². The number of quaternary nitrogens is 2. The van der Waals surface area contributed by atoms with Crippen molar-refractivity contribution in [3.8, 4) is 23.0 Å². The third kappa shape index (κ3) is 11.5. The molecule has 0 aliphatic carbocycles. The quantitative estimate of drug-likeness (QED) is 0.266. The summed E-state index contributed by atoms with van der Waals surface area (Å²) in [5, 5.41) is 0. The van der Waals surface area contributed by atoms with Crippen LogP contribution in [0.15, 0.2) is 97.1 Å². The molecule has 0 saturated carbocycles. The Morgan fingerprint density at radius 3 is 1.10 bits per heavy atom. The monoisotopic (exact) mass is 786 g/mol. The lowest BCUT2D eigenvalue weighted by Gasteiger charge is -2.30. The Balaban J connectivity index is 0.00000312. The molecule has 8 nitrogen and oxygen atoms in total. The Morgan fingerprint density at radius 2 is 0.750 bits per heavy atom.